The summed E-state index contributed by atoms with van der Waals surface area (Å²) < 4.78 is 40.7. The number of amides is 3. The van der Waals surface area contributed by atoms with Crippen molar-refractivity contribution in [3.05, 3.63) is 24.3 Å². The van der Waals surface area contributed by atoms with Gasteiger partial charge < -0.3 is 15.4 Å². The summed E-state index contributed by atoms with van der Waals surface area (Å²) in [6, 6.07) is 4.47. The minimum absolute atomic E-state index is 0.0242. The third-order valence-corrected chi connectivity index (χ3v) is 4.72. The molecule has 3 N–H and O–H groups in total. The highest BCUT2D eigenvalue weighted by atomic mass is 32.2. The van der Waals surface area contributed by atoms with Crippen molar-refractivity contribution < 1.29 is 27.5 Å². The summed E-state index contributed by atoms with van der Waals surface area (Å²) in [7, 11) is 0. The van der Waals surface area contributed by atoms with E-state index >= 15 is 0 Å². The van der Waals surface area contributed by atoms with Crippen molar-refractivity contribution in [2.75, 3.05) is 11.1 Å². The lowest BCUT2D eigenvalue weighted by Gasteiger charge is -2.09. The fourth-order valence-electron chi connectivity index (χ4n) is 1.77. The second kappa shape index (κ2) is 9.59. The lowest BCUT2D eigenvalue weighted by atomic mass is 10.3. The summed E-state index contributed by atoms with van der Waals surface area (Å²) in [5.41, 5.74) is 0.491. The van der Waals surface area contributed by atoms with Crippen LogP contribution in [0.3, 0.4) is 0 Å². The first-order chi connectivity index (χ1) is 13.1. The summed E-state index contributed by atoms with van der Waals surface area (Å²) in [4.78, 5) is 23.1. The number of alkyl halides is 3. The predicted molar refractivity (Wildman–Crippen MR) is 98.9 cm³/mol. The summed E-state index contributed by atoms with van der Waals surface area (Å²) >= 11 is 2.25. The summed E-state index contributed by atoms with van der Waals surface area (Å²) in [6.45, 7) is 3.54. The van der Waals surface area contributed by atoms with E-state index in [9.17, 15) is 22.8 Å². The van der Waals surface area contributed by atoms with Crippen molar-refractivity contribution in [2.45, 2.75) is 30.6 Å². The second-order valence-electron chi connectivity index (χ2n) is 5.54. The highest BCUT2D eigenvalue weighted by Gasteiger charge is 2.30. The Kier molecular flexibility index (Phi) is 7.45. The Morgan fingerprint density at radius 2 is 1.89 bits per heavy atom. The Balaban J connectivity index is 1.82. The molecular weight excluding hydrogens is 419 g/mol. The molecule has 2 aromatic rings. The van der Waals surface area contributed by atoms with Crippen molar-refractivity contribution in [3.63, 3.8) is 0 Å². The molecule has 1 aromatic heterocycles. The first-order valence-corrected chi connectivity index (χ1v) is 9.60. The second-order valence-corrected chi connectivity index (χ2v) is 7.74. The Bertz CT molecular complexity index is 812. The number of benzene rings is 1. The summed E-state index contributed by atoms with van der Waals surface area (Å²) in [6.07, 6.45) is -4.75. The van der Waals surface area contributed by atoms with Gasteiger partial charge in [-0.2, -0.15) is 0 Å². The van der Waals surface area contributed by atoms with Crippen molar-refractivity contribution in [1.29, 1.82) is 0 Å². The van der Waals surface area contributed by atoms with E-state index in [4.69, 9.17) is 0 Å². The first kappa shape index (κ1) is 21.8. The molecule has 0 atom stereocenters. The van der Waals surface area contributed by atoms with E-state index in [-0.39, 0.29) is 17.5 Å². The monoisotopic (exact) mass is 435 g/mol. The van der Waals surface area contributed by atoms with Crippen LogP contribution in [-0.4, -0.2) is 40.3 Å². The van der Waals surface area contributed by atoms with Gasteiger partial charge in [0.25, 0.3) is 0 Å². The molecule has 0 aliphatic rings. The van der Waals surface area contributed by atoms with Gasteiger partial charge in [-0.25, -0.2) is 4.79 Å². The minimum atomic E-state index is -4.75. The number of hydrogen-bond donors (Lipinski definition) is 3. The number of thioether (sulfide) groups is 1. The molecule has 0 unspecified atom stereocenters. The molecule has 0 spiro atoms. The molecule has 0 aliphatic carbocycles. The third kappa shape index (κ3) is 8.00. The number of anilines is 2. The Labute approximate surface area is 166 Å². The third-order valence-electron chi connectivity index (χ3n) is 2.75. The molecule has 0 saturated heterocycles. The highest BCUT2D eigenvalue weighted by Crippen LogP contribution is 2.29. The molecule has 8 nitrogen and oxygen atoms in total. The molecule has 152 valence electrons. The van der Waals surface area contributed by atoms with E-state index in [1.54, 1.807) is 13.8 Å². The lowest BCUT2D eigenvalue weighted by molar-refractivity contribution is -0.274. The molecule has 0 aliphatic heterocycles. The van der Waals surface area contributed by atoms with Gasteiger partial charge in [-0.3, -0.25) is 10.1 Å². The molecule has 28 heavy (non-hydrogen) atoms. The molecule has 3 amide bonds. The average molecular weight is 435 g/mol. The standard InChI is InChI=1S/C15H16F3N5O3S2/c1-8(2)19-12(25)21-11(24)7-27-14-23-22-13(28-14)20-9-3-5-10(6-4-9)26-15(16,17)18/h3-6,8H,7H2,1-2H3,(H,20,22)(H2,19,21,24,25). The number of rotatable bonds is 7. The number of aromatic nitrogens is 2. The van der Waals surface area contributed by atoms with E-state index in [0.29, 0.717) is 15.2 Å². The van der Waals surface area contributed by atoms with Crippen molar-refractivity contribution in [2.24, 2.45) is 0 Å². The molecule has 1 heterocycles. The zero-order chi connectivity index (χ0) is 20.7. The number of hydrogen-bond acceptors (Lipinski definition) is 8. The van der Waals surface area contributed by atoms with Gasteiger partial charge in [0.1, 0.15) is 5.75 Å². The fraction of sp³-hybridized carbons (Fsp3) is 0.333. The molecule has 13 heteroatoms. The van der Waals surface area contributed by atoms with Gasteiger partial charge in [-0.15, -0.1) is 23.4 Å². The van der Waals surface area contributed by atoms with Gasteiger partial charge in [0.2, 0.25) is 11.0 Å². The van der Waals surface area contributed by atoms with Crippen molar-refractivity contribution in [1.82, 2.24) is 20.8 Å². The van der Waals surface area contributed by atoms with Crippen LogP contribution in [0.15, 0.2) is 28.6 Å². The largest absolute Gasteiger partial charge is 0.573 e. The van der Waals surface area contributed by atoms with E-state index in [2.05, 4.69) is 30.9 Å². The van der Waals surface area contributed by atoms with Gasteiger partial charge in [0, 0.05) is 11.7 Å². The maximum atomic E-state index is 12.1. The van der Waals surface area contributed by atoms with Crippen LogP contribution in [0.5, 0.6) is 5.75 Å². The molecule has 0 radical (unpaired) electrons. The number of carbonyl (C=O) groups is 2. The molecular formula is C15H16F3N5O3S2. The first-order valence-electron chi connectivity index (χ1n) is 7.80. The number of ether oxygens (including phenoxy) is 1. The van der Waals surface area contributed by atoms with E-state index < -0.39 is 18.3 Å². The molecule has 0 bridgehead atoms. The number of carbonyl (C=O) groups excluding carboxylic acids is 2. The predicted octanol–water partition coefficient (Wildman–Crippen LogP) is 3.51. The topological polar surface area (TPSA) is 105 Å². The zero-order valence-electron chi connectivity index (χ0n) is 14.7. The number of halogens is 3. The summed E-state index contributed by atoms with van der Waals surface area (Å²) in [5.74, 6) is -0.837. The van der Waals surface area contributed by atoms with Crippen LogP contribution in [0.2, 0.25) is 0 Å². The lowest BCUT2D eigenvalue weighted by Crippen LogP contribution is -2.43. The maximum absolute atomic E-state index is 12.1. The Hall–Kier alpha value is -2.54. The van der Waals surface area contributed by atoms with Crippen LogP contribution in [0.1, 0.15) is 13.8 Å². The van der Waals surface area contributed by atoms with Crippen LogP contribution in [-0.2, 0) is 4.79 Å². The van der Waals surface area contributed by atoms with E-state index in [1.807, 2.05) is 0 Å². The number of urea groups is 1. The average Bonchev–Trinajstić information content (AvgIpc) is 3.00. The van der Waals surface area contributed by atoms with Gasteiger partial charge in [0.15, 0.2) is 4.34 Å². The van der Waals surface area contributed by atoms with E-state index in [0.717, 1.165) is 23.1 Å². The van der Waals surface area contributed by atoms with Crippen LogP contribution in [0, 0.1) is 0 Å². The van der Waals surface area contributed by atoms with Gasteiger partial charge >= 0.3 is 12.4 Å². The number of imide groups is 1. The van der Waals surface area contributed by atoms with E-state index in [1.165, 1.54) is 24.3 Å². The van der Waals surface area contributed by atoms with Crippen molar-refractivity contribution in [3.8, 4) is 5.75 Å². The minimum Gasteiger partial charge on any atom is -0.406 e. The van der Waals surface area contributed by atoms with Crippen LogP contribution in [0.4, 0.5) is 28.8 Å². The molecule has 1 aromatic carbocycles. The Morgan fingerprint density at radius 3 is 2.50 bits per heavy atom. The van der Waals surface area contributed by atoms with Crippen LogP contribution >= 0.6 is 23.1 Å². The van der Waals surface area contributed by atoms with Gasteiger partial charge in [0.05, 0.1) is 5.75 Å². The molecule has 0 saturated carbocycles. The normalized spacial score (nSPS) is 11.2. The van der Waals surface area contributed by atoms with Crippen LogP contribution in [0.25, 0.3) is 0 Å². The maximum Gasteiger partial charge on any atom is 0.573 e. The number of nitrogens with zero attached hydrogens (tertiary/aromatic N) is 2. The highest BCUT2D eigenvalue weighted by molar-refractivity contribution is 8.01. The zero-order valence-corrected chi connectivity index (χ0v) is 16.3. The smallest absolute Gasteiger partial charge is 0.406 e. The van der Waals surface area contributed by atoms with Gasteiger partial charge in [-0.05, 0) is 38.1 Å². The molecule has 2 rings (SSSR count). The Morgan fingerprint density at radius 1 is 1.21 bits per heavy atom. The van der Waals surface area contributed by atoms with Crippen LogP contribution < -0.4 is 20.7 Å². The fourth-order valence-corrected chi connectivity index (χ4v) is 3.34. The number of nitrogens with one attached hydrogen (secondary N) is 3. The SMILES string of the molecule is CC(C)NC(=O)NC(=O)CSc1nnc(Nc2ccc(OC(F)(F)F)cc2)s1. The van der Waals surface area contributed by atoms with Gasteiger partial charge in [-0.1, -0.05) is 23.1 Å². The van der Waals surface area contributed by atoms with Crippen molar-refractivity contribution >= 4 is 45.9 Å². The quantitative estimate of drug-likeness (QED) is 0.572. The summed E-state index contributed by atoms with van der Waals surface area (Å²) in [5, 5.41) is 15.8. The molecule has 0 fully saturated rings.